The molecule has 3 aliphatic rings. The predicted molar refractivity (Wildman–Crippen MR) is 91.5 cm³/mol. The lowest BCUT2D eigenvalue weighted by molar-refractivity contribution is -0.141. The van der Waals surface area contributed by atoms with Crippen LogP contribution in [0.1, 0.15) is 31.7 Å². The van der Waals surface area contributed by atoms with Crippen molar-refractivity contribution < 1.29 is 28.2 Å². The van der Waals surface area contributed by atoms with E-state index < -0.39 is 23.1 Å². The molecule has 140 valence electrons. The molecule has 1 aromatic rings. The molecule has 2 heterocycles. The van der Waals surface area contributed by atoms with E-state index in [4.69, 9.17) is 15.2 Å². The van der Waals surface area contributed by atoms with Crippen molar-refractivity contribution in [2.75, 3.05) is 11.9 Å². The van der Waals surface area contributed by atoms with E-state index in [2.05, 4.69) is 5.32 Å². The van der Waals surface area contributed by atoms with Crippen molar-refractivity contribution in [3.05, 3.63) is 52.4 Å². The summed E-state index contributed by atoms with van der Waals surface area (Å²) in [6.07, 6.45) is 1.11. The van der Waals surface area contributed by atoms with Crippen LogP contribution in [0, 0.1) is 5.82 Å². The zero-order valence-corrected chi connectivity index (χ0v) is 14.6. The minimum absolute atomic E-state index is 0.0309. The van der Waals surface area contributed by atoms with Crippen molar-refractivity contribution in [2.45, 2.75) is 31.6 Å². The van der Waals surface area contributed by atoms with Crippen LogP contribution in [-0.2, 0) is 29.3 Å². The Bertz CT molecular complexity index is 965. The van der Waals surface area contributed by atoms with Gasteiger partial charge in [0.05, 0.1) is 12.2 Å². The Morgan fingerprint density at radius 2 is 2.15 bits per heavy atom. The van der Waals surface area contributed by atoms with Crippen LogP contribution in [0.15, 0.2) is 41.0 Å². The number of carbonyl (C=O) groups is 3. The quantitative estimate of drug-likeness (QED) is 0.767. The molecule has 7 nitrogen and oxygen atoms in total. The summed E-state index contributed by atoms with van der Waals surface area (Å²) < 4.78 is 24.7. The van der Waals surface area contributed by atoms with Gasteiger partial charge in [-0.2, -0.15) is 0 Å². The summed E-state index contributed by atoms with van der Waals surface area (Å²) in [6, 6.07) is 3.71. The van der Waals surface area contributed by atoms with E-state index in [0.29, 0.717) is 18.5 Å². The van der Waals surface area contributed by atoms with Crippen LogP contribution in [0.5, 0.6) is 0 Å². The minimum atomic E-state index is -1.88. The van der Waals surface area contributed by atoms with Crippen LogP contribution >= 0.6 is 0 Å². The first-order chi connectivity index (χ1) is 12.9. The molecular weight excluding hydrogens is 355 g/mol. The normalized spacial score (nSPS) is 23.8. The predicted octanol–water partition coefficient (Wildman–Crippen LogP) is 1.79. The molecule has 2 aliphatic heterocycles. The maximum absolute atomic E-state index is 14.1. The molecule has 1 amide bonds. The summed E-state index contributed by atoms with van der Waals surface area (Å²) in [7, 11) is 0. The van der Waals surface area contributed by atoms with E-state index in [-0.39, 0.29) is 47.2 Å². The molecule has 0 fully saturated rings. The van der Waals surface area contributed by atoms with Crippen LogP contribution in [0.4, 0.5) is 10.1 Å². The number of ether oxygens (including phenoxy) is 2. The Kier molecular flexibility index (Phi) is 3.80. The summed E-state index contributed by atoms with van der Waals surface area (Å²) in [5.41, 5.74) is 4.34. The fourth-order valence-electron chi connectivity index (χ4n) is 4.06. The Morgan fingerprint density at radius 1 is 1.37 bits per heavy atom. The standard InChI is InChI=1S/C19H17FN2O5/c1-2-26-17(24)15-16(21)27-13-5-3-4-12(23)14(13)19(15)10-8-9(20)6-7-11(10)22-18(19)25/h6-8H,2-5,21H2,1H3,(H,22,25). The van der Waals surface area contributed by atoms with E-state index in [1.165, 1.54) is 12.1 Å². The highest BCUT2D eigenvalue weighted by molar-refractivity contribution is 6.22. The van der Waals surface area contributed by atoms with Gasteiger partial charge in [-0.1, -0.05) is 0 Å². The molecule has 0 bridgehead atoms. The number of nitrogens with two attached hydrogens (primary N) is 1. The molecule has 27 heavy (non-hydrogen) atoms. The lowest BCUT2D eigenvalue weighted by atomic mass is 9.64. The van der Waals surface area contributed by atoms with Crippen molar-refractivity contribution in [2.24, 2.45) is 5.73 Å². The lowest BCUT2D eigenvalue weighted by Crippen LogP contribution is -2.49. The number of amides is 1. The monoisotopic (exact) mass is 372 g/mol. The highest BCUT2D eigenvalue weighted by atomic mass is 19.1. The van der Waals surface area contributed by atoms with Crippen molar-refractivity contribution in [3.8, 4) is 0 Å². The second kappa shape index (κ2) is 5.94. The zero-order valence-electron chi connectivity index (χ0n) is 14.6. The molecule has 8 heteroatoms. The van der Waals surface area contributed by atoms with E-state index >= 15 is 0 Å². The van der Waals surface area contributed by atoms with Crippen LogP contribution in [0.25, 0.3) is 0 Å². The Balaban J connectivity index is 2.08. The summed E-state index contributed by atoms with van der Waals surface area (Å²) >= 11 is 0. The van der Waals surface area contributed by atoms with Crippen LogP contribution in [0.3, 0.4) is 0 Å². The van der Waals surface area contributed by atoms with Crippen molar-refractivity contribution in [1.82, 2.24) is 0 Å². The van der Waals surface area contributed by atoms with Gasteiger partial charge in [-0.15, -0.1) is 0 Å². The molecule has 0 saturated carbocycles. The maximum Gasteiger partial charge on any atom is 0.341 e. The number of anilines is 1. The fourth-order valence-corrected chi connectivity index (χ4v) is 4.06. The SMILES string of the molecule is CCOC(=O)C1=C(N)OC2=C(C(=O)CCC2)C12C(=O)Nc1ccc(F)cc12. The average molecular weight is 372 g/mol. The van der Waals surface area contributed by atoms with Crippen LogP contribution in [0.2, 0.25) is 0 Å². The highest BCUT2D eigenvalue weighted by Crippen LogP contribution is 2.54. The zero-order chi connectivity index (χ0) is 19.3. The Morgan fingerprint density at radius 3 is 2.89 bits per heavy atom. The van der Waals surface area contributed by atoms with Gasteiger partial charge in [-0.05, 0) is 31.5 Å². The maximum atomic E-state index is 14.1. The van der Waals surface area contributed by atoms with Gasteiger partial charge in [0.2, 0.25) is 11.8 Å². The first-order valence-electron chi connectivity index (χ1n) is 8.64. The first kappa shape index (κ1) is 17.3. The molecule has 1 aliphatic carbocycles. The second-order valence-corrected chi connectivity index (χ2v) is 6.53. The van der Waals surface area contributed by atoms with Crippen molar-refractivity contribution >= 4 is 23.3 Å². The third-order valence-corrected chi connectivity index (χ3v) is 5.05. The summed E-state index contributed by atoms with van der Waals surface area (Å²) in [4.78, 5) is 38.8. The molecular formula is C19H17FN2O5. The van der Waals surface area contributed by atoms with Gasteiger partial charge >= 0.3 is 5.97 Å². The number of rotatable bonds is 2. The average Bonchev–Trinajstić information content (AvgIpc) is 2.87. The number of allylic oxidation sites excluding steroid dienone is 1. The number of benzene rings is 1. The fraction of sp³-hybridized carbons (Fsp3) is 0.316. The second-order valence-electron chi connectivity index (χ2n) is 6.53. The van der Waals surface area contributed by atoms with Gasteiger partial charge < -0.3 is 20.5 Å². The number of nitrogens with one attached hydrogen (secondary N) is 1. The Hall–Kier alpha value is -3.16. The molecule has 0 radical (unpaired) electrons. The van der Waals surface area contributed by atoms with Crippen LogP contribution in [-0.4, -0.2) is 24.3 Å². The van der Waals surface area contributed by atoms with E-state index in [1.54, 1.807) is 6.92 Å². The number of Topliss-reactive ketones (excluding diaryl/α,β-unsaturated/α-hetero) is 1. The van der Waals surface area contributed by atoms with Crippen molar-refractivity contribution in [3.63, 3.8) is 0 Å². The highest BCUT2D eigenvalue weighted by Gasteiger charge is 2.61. The van der Waals surface area contributed by atoms with E-state index in [0.717, 1.165) is 6.07 Å². The smallest absolute Gasteiger partial charge is 0.341 e. The Labute approximate surface area is 154 Å². The number of hydrogen-bond donors (Lipinski definition) is 2. The van der Waals surface area contributed by atoms with Gasteiger partial charge in [-0.25, -0.2) is 9.18 Å². The molecule has 3 N–H and O–H groups in total. The van der Waals surface area contributed by atoms with Gasteiger partial charge in [0, 0.05) is 24.1 Å². The molecule has 1 unspecified atom stereocenters. The largest absolute Gasteiger partial charge is 0.462 e. The number of esters is 1. The molecule has 1 aromatic carbocycles. The van der Waals surface area contributed by atoms with Gasteiger partial charge in [-0.3, -0.25) is 9.59 Å². The third-order valence-electron chi connectivity index (χ3n) is 5.05. The third kappa shape index (κ3) is 2.22. The number of carbonyl (C=O) groups excluding carboxylic acids is 3. The molecule has 1 atom stereocenters. The van der Waals surface area contributed by atoms with Gasteiger partial charge in [0.1, 0.15) is 22.6 Å². The van der Waals surface area contributed by atoms with Crippen LogP contribution < -0.4 is 11.1 Å². The van der Waals surface area contributed by atoms with E-state index in [1.807, 2.05) is 0 Å². The summed E-state index contributed by atoms with van der Waals surface area (Å²) in [6.45, 7) is 1.63. The summed E-state index contributed by atoms with van der Waals surface area (Å²) in [5.74, 6) is -2.55. The lowest BCUT2D eigenvalue weighted by Gasteiger charge is -2.38. The number of fused-ring (bicyclic) bond motifs is 3. The molecule has 4 rings (SSSR count). The number of halogens is 1. The van der Waals surface area contributed by atoms with Gasteiger partial charge in [0.25, 0.3) is 0 Å². The number of ketones is 1. The molecule has 0 saturated heterocycles. The first-order valence-corrected chi connectivity index (χ1v) is 8.64. The molecule has 0 aromatic heterocycles. The number of hydrogen-bond acceptors (Lipinski definition) is 6. The van der Waals surface area contributed by atoms with E-state index in [9.17, 15) is 18.8 Å². The minimum Gasteiger partial charge on any atom is -0.462 e. The topological polar surface area (TPSA) is 108 Å². The summed E-state index contributed by atoms with van der Waals surface area (Å²) in [5, 5.41) is 2.64. The van der Waals surface area contributed by atoms with Crippen molar-refractivity contribution in [1.29, 1.82) is 0 Å². The van der Waals surface area contributed by atoms with Gasteiger partial charge in [0.15, 0.2) is 5.78 Å². The molecule has 1 spiro atoms.